The van der Waals surface area contributed by atoms with Crippen LogP contribution < -0.4 is 16.0 Å². The van der Waals surface area contributed by atoms with Crippen molar-refractivity contribution in [3.8, 4) is 9.88 Å². The number of ether oxygens (including phenoxy) is 1. The van der Waals surface area contributed by atoms with Crippen molar-refractivity contribution in [2.45, 2.75) is 25.9 Å². The zero-order valence-electron chi connectivity index (χ0n) is 16.7. The number of thiazole rings is 1. The molecular weight excluding hydrogens is 456 g/mol. The molecule has 3 N–H and O–H groups in total. The van der Waals surface area contributed by atoms with E-state index in [1.165, 1.54) is 22.7 Å². The topological polar surface area (TPSA) is 92.4 Å². The maximum atomic E-state index is 12.7. The molecule has 1 aliphatic rings. The van der Waals surface area contributed by atoms with Gasteiger partial charge in [-0.25, -0.2) is 9.78 Å². The Balaban J connectivity index is 1.33. The molecule has 4 rings (SSSR count). The molecule has 3 heterocycles. The number of benzene rings is 1. The first-order chi connectivity index (χ1) is 15.0. The average Bonchev–Trinajstić information content (AvgIpc) is 3.49. The Labute approximate surface area is 192 Å². The van der Waals surface area contributed by atoms with Crippen LogP contribution in [-0.4, -0.2) is 36.2 Å². The summed E-state index contributed by atoms with van der Waals surface area (Å²) < 4.78 is 6.17. The van der Waals surface area contributed by atoms with Crippen LogP contribution >= 0.6 is 34.3 Å². The van der Waals surface area contributed by atoms with Crippen LogP contribution in [0.5, 0.6) is 0 Å². The lowest BCUT2D eigenvalue weighted by atomic mass is 10.2. The molecule has 0 aliphatic carbocycles. The van der Waals surface area contributed by atoms with Crippen LogP contribution in [0.2, 0.25) is 4.34 Å². The first-order valence-electron chi connectivity index (χ1n) is 9.79. The summed E-state index contributed by atoms with van der Waals surface area (Å²) in [6.07, 6.45) is 2.10. The Morgan fingerprint density at radius 3 is 2.52 bits per heavy atom. The molecule has 1 aromatic carbocycles. The zero-order chi connectivity index (χ0) is 21.8. The van der Waals surface area contributed by atoms with Crippen LogP contribution in [-0.2, 0) is 4.74 Å². The van der Waals surface area contributed by atoms with Crippen molar-refractivity contribution in [1.29, 1.82) is 0 Å². The molecule has 10 heteroatoms. The number of carbonyl (C=O) groups excluding carboxylic acids is 2. The number of hydrogen-bond donors (Lipinski definition) is 3. The molecule has 0 bridgehead atoms. The summed E-state index contributed by atoms with van der Waals surface area (Å²) in [5, 5.41) is 9.23. The fourth-order valence-electron chi connectivity index (χ4n) is 3.15. The normalized spacial score (nSPS) is 15.6. The van der Waals surface area contributed by atoms with Crippen LogP contribution in [0.1, 0.15) is 28.2 Å². The van der Waals surface area contributed by atoms with Crippen LogP contribution in [0.4, 0.5) is 16.2 Å². The first-order valence-corrected chi connectivity index (χ1v) is 11.8. The number of nitrogens with one attached hydrogen (secondary N) is 3. The molecule has 31 heavy (non-hydrogen) atoms. The molecule has 0 saturated carbocycles. The molecule has 3 amide bonds. The van der Waals surface area contributed by atoms with Gasteiger partial charge in [-0.1, -0.05) is 11.6 Å². The fraction of sp³-hybridized carbons (Fsp3) is 0.286. The number of urea groups is 1. The predicted octanol–water partition coefficient (Wildman–Crippen LogP) is 5.39. The highest BCUT2D eigenvalue weighted by atomic mass is 35.5. The maximum absolute atomic E-state index is 12.7. The summed E-state index contributed by atoms with van der Waals surface area (Å²) in [7, 11) is 0. The van der Waals surface area contributed by atoms with Gasteiger partial charge in [-0.05, 0) is 56.2 Å². The molecule has 3 aromatic rings. The van der Waals surface area contributed by atoms with E-state index in [1.807, 2.05) is 19.1 Å². The minimum Gasteiger partial charge on any atom is -0.376 e. The highest BCUT2D eigenvalue weighted by molar-refractivity contribution is 7.24. The smallest absolute Gasteiger partial charge is 0.319 e. The van der Waals surface area contributed by atoms with Gasteiger partial charge in [0.25, 0.3) is 5.91 Å². The Hall–Kier alpha value is -2.46. The fourth-order valence-corrected chi connectivity index (χ4v) is 5.21. The molecular formula is C21H21ClN4O3S2. The van der Waals surface area contributed by atoms with Gasteiger partial charge in [0.05, 0.1) is 21.0 Å². The van der Waals surface area contributed by atoms with Crippen molar-refractivity contribution in [3.63, 3.8) is 0 Å². The van der Waals surface area contributed by atoms with E-state index in [9.17, 15) is 9.59 Å². The lowest BCUT2D eigenvalue weighted by Crippen LogP contribution is -2.35. The minimum absolute atomic E-state index is 0.0934. The third-order valence-electron chi connectivity index (χ3n) is 4.70. The first kappa shape index (κ1) is 21.8. The highest BCUT2D eigenvalue weighted by Crippen LogP contribution is 2.35. The molecule has 1 saturated heterocycles. The number of amides is 3. The number of aryl methyl sites for hydroxylation is 1. The molecule has 1 unspecified atom stereocenters. The van der Waals surface area contributed by atoms with Crippen LogP contribution in [0, 0.1) is 6.92 Å². The third-order valence-corrected chi connectivity index (χ3v) is 7.26. The van der Waals surface area contributed by atoms with Gasteiger partial charge >= 0.3 is 6.03 Å². The third kappa shape index (κ3) is 5.62. The van der Waals surface area contributed by atoms with E-state index in [-0.39, 0.29) is 18.0 Å². The Morgan fingerprint density at radius 2 is 1.87 bits per heavy atom. The van der Waals surface area contributed by atoms with Crippen molar-refractivity contribution in [1.82, 2.24) is 10.3 Å². The molecule has 1 fully saturated rings. The summed E-state index contributed by atoms with van der Waals surface area (Å²) in [4.78, 5) is 30.7. The lowest BCUT2D eigenvalue weighted by molar-refractivity contribution is 0.102. The number of hydrogen-bond acceptors (Lipinski definition) is 6. The van der Waals surface area contributed by atoms with Crippen molar-refractivity contribution >= 4 is 57.6 Å². The minimum atomic E-state index is -0.284. The number of anilines is 2. The van der Waals surface area contributed by atoms with E-state index in [2.05, 4.69) is 20.9 Å². The second-order valence-electron chi connectivity index (χ2n) is 7.04. The van der Waals surface area contributed by atoms with Crippen LogP contribution in [0.3, 0.4) is 0 Å². The summed E-state index contributed by atoms with van der Waals surface area (Å²) >= 11 is 8.76. The number of halogens is 1. The number of aromatic nitrogens is 1. The van der Waals surface area contributed by atoms with Gasteiger partial charge in [-0.2, -0.15) is 0 Å². The number of thiophene rings is 1. The van der Waals surface area contributed by atoms with Crippen molar-refractivity contribution in [2.24, 2.45) is 0 Å². The summed E-state index contributed by atoms with van der Waals surface area (Å²) in [5.74, 6) is -0.223. The second-order valence-corrected chi connectivity index (χ2v) is 9.75. The van der Waals surface area contributed by atoms with E-state index >= 15 is 0 Å². The standard InChI is InChI=1S/C21H21ClN4O3S2/c1-12-18(31-20(24-12)16-8-9-17(22)30-16)19(27)25-13-4-6-14(7-5-13)26-21(28)23-11-15-3-2-10-29-15/h4-9,15H,2-3,10-11H2,1H3,(H,25,27)(H2,23,26,28). The van der Waals surface area contributed by atoms with Crippen LogP contribution in [0.15, 0.2) is 36.4 Å². The van der Waals surface area contributed by atoms with Gasteiger partial charge < -0.3 is 20.7 Å². The van der Waals surface area contributed by atoms with Crippen molar-refractivity contribution in [2.75, 3.05) is 23.8 Å². The van der Waals surface area contributed by atoms with E-state index < -0.39 is 0 Å². The van der Waals surface area contributed by atoms with Gasteiger partial charge in [0.15, 0.2) is 0 Å². The molecule has 162 valence electrons. The molecule has 0 radical (unpaired) electrons. The van der Waals surface area contributed by atoms with E-state index in [0.29, 0.717) is 32.8 Å². The molecule has 7 nitrogen and oxygen atoms in total. The summed E-state index contributed by atoms with van der Waals surface area (Å²) in [6, 6.07) is 10.4. The van der Waals surface area contributed by atoms with Gasteiger partial charge in [0.2, 0.25) is 0 Å². The maximum Gasteiger partial charge on any atom is 0.319 e. The average molecular weight is 477 g/mol. The van der Waals surface area contributed by atoms with Gasteiger partial charge in [-0.15, -0.1) is 22.7 Å². The Kier molecular flexibility index (Phi) is 6.86. The van der Waals surface area contributed by atoms with Gasteiger partial charge in [0.1, 0.15) is 9.88 Å². The van der Waals surface area contributed by atoms with Crippen molar-refractivity contribution < 1.29 is 14.3 Å². The van der Waals surface area contributed by atoms with E-state index in [0.717, 1.165) is 29.3 Å². The zero-order valence-corrected chi connectivity index (χ0v) is 19.1. The highest BCUT2D eigenvalue weighted by Gasteiger charge is 2.18. The van der Waals surface area contributed by atoms with Crippen molar-refractivity contribution in [3.05, 3.63) is 51.3 Å². The molecule has 0 spiro atoms. The second kappa shape index (κ2) is 9.78. The predicted molar refractivity (Wildman–Crippen MR) is 126 cm³/mol. The van der Waals surface area contributed by atoms with E-state index in [1.54, 1.807) is 24.3 Å². The molecule has 1 atom stereocenters. The van der Waals surface area contributed by atoms with Gasteiger partial charge in [0, 0.05) is 24.5 Å². The summed E-state index contributed by atoms with van der Waals surface area (Å²) in [5.41, 5.74) is 1.93. The monoisotopic (exact) mass is 476 g/mol. The lowest BCUT2D eigenvalue weighted by Gasteiger charge is -2.12. The van der Waals surface area contributed by atoms with E-state index in [4.69, 9.17) is 16.3 Å². The number of nitrogens with zero attached hydrogens (tertiary/aromatic N) is 1. The Bertz CT molecular complexity index is 1070. The SMILES string of the molecule is Cc1nc(-c2ccc(Cl)s2)sc1C(=O)Nc1ccc(NC(=O)NCC2CCCO2)cc1. The molecule has 1 aliphatic heterocycles. The van der Waals surface area contributed by atoms with Crippen LogP contribution in [0.25, 0.3) is 9.88 Å². The number of carbonyl (C=O) groups is 2. The number of rotatable bonds is 6. The largest absolute Gasteiger partial charge is 0.376 e. The quantitative estimate of drug-likeness (QED) is 0.445. The van der Waals surface area contributed by atoms with Gasteiger partial charge in [-0.3, -0.25) is 4.79 Å². The summed E-state index contributed by atoms with van der Waals surface area (Å²) in [6.45, 7) is 3.06. The molecule has 2 aromatic heterocycles. The Morgan fingerprint density at radius 1 is 1.13 bits per heavy atom.